The number of amides is 4. The van der Waals surface area contributed by atoms with E-state index in [1.54, 1.807) is 16.8 Å². The van der Waals surface area contributed by atoms with E-state index in [4.69, 9.17) is 26.1 Å². The van der Waals surface area contributed by atoms with Crippen LogP contribution in [0.25, 0.3) is 10.9 Å². The summed E-state index contributed by atoms with van der Waals surface area (Å²) >= 11 is 6.58. The molecule has 1 saturated carbocycles. The van der Waals surface area contributed by atoms with Gasteiger partial charge in [0.2, 0.25) is 17.8 Å². The van der Waals surface area contributed by atoms with Crippen molar-refractivity contribution in [3.63, 3.8) is 0 Å². The zero-order chi connectivity index (χ0) is 45.7. The fraction of sp³-hybridized carbons (Fsp3) is 0.489. The Labute approximate surface area is 378 Å². The molecule has 2 aromatic carbocycles. The molecule has 0 spiro atoms. The first kappa shape index (κ1) is 44.3. The van der Waals surface area contributed by atoms with Crippen molar-refractivity contribution >= 4 is 69.3 Å². The lowest BCUT2D eigenvalue weighted by atomic mass is 9.87. The van der Waals surface area contributed by atoms with Gasteiger partial charge in [-0.15, -0.1) is 0 Å². The first-order chi connectivity index (χ1) is 31.3. The van der Waals surface area contributed by atoms with Crippen molar-refractivity contribution in [2.24, 2.45) is 0 Å². The average Bonchev–Trinajstić information content (AvgIpc) is 3.63. The van der Waals surface area contributed by atoms with E-state index < -0.39 is 35.4 Å². The number of imide groups is 1. The highest BCUT2D eigenvalue weighted by atomic mass is 35.5. The number of rotatable bonds is 12. The fourth-order valence-corrected chi connectivity index (χ4v) is 9.73. The monoisotopic (exact) mass is 916 g/mol. The summed E-state index contributed by atoms with van der Waals surface area (Å²) in [4.78, 5) is 79.1. The molecule has 65 heavy (non-hydrogen) atoms. The maximum Gasteiger partial charge on any atom is 0.293 e. The molecule has 4 amide bonds. The third kappa shape index (κ3) is 8.80. The Kier molecular flexibility index (Phi) is 12.4. The smallest absolute Gasteiger partial charge is 0.293 e. The van der Waals surface area contributed by atoms with Gasteiger partial charge in [-0.3, -0.25) is 34.2 Å². The molecule has 5 aliphatic rings. The number of ether oxygens (including phenoxy) is 2. The zero-order valence-electron chi connectivity index (χ0n) is 36.4. The SMILES string of the molecule is CNC(=O)COc1cc2cc(Nc3nc(N4CCC(OC5CC(N6CCN(c7cc(F)c8c(c7F)CN([C@@H]7CCC(=O)NC7=O)C8=O)CC6)C5)CC4)ncc3Cl)ccc2n(C(C)C)c1=O. The second kappa shape index (κ2) is 18.2. The van der Waals surface area contributed by atoms with Crippen LogP contribution in [0.3, 0.4) is 0 Å². The number of carbonyl (C=O) groups excluding carboxylic acids is 4. The van der Waals surface area contributed by atoms with Gasteiger partial charge < -0.3 is 39.4 Å². The molecule has 3 N–H and O–H groups in total. The molecule has 0 unspecified atom stereocenters. The summed E-state index contributed by atoms with van der Waals surface area (Å²) in [6.45, 7) is 7.04. The van der Waals surface area contributed by atoms with Crippen LogP contribution in [0.15, 0.2) is 41.3 Å². The number of nitrogens with one attached hydrogen (secondary N) is 3. The molecule has 6 heterocycles. The van der Waals surface area contributed by atoms with Gasteiger partial charge in [-0.05, 0) is 70.2 Å². The molecular formula is C45H51ClF2N10O7. The zero-order valence-corrected chi connectivity index (χ0v) is 37.1. The van der Waals surface area contributed by atoms with Crippen LogP contribution in [0.5, 0.6) is 5.75 Å². The van der Waals surface area contributed by atoms with Gasteiger partial charge in [0.05, 0.1) is 41.7 Å². The molecule has 4 aliphatic heterocycles. The minimum absolute atomic E-state index is 0.0493. The molecule has 4 fully saturated rings. The Hall–Kier alpha value is -5.92. The van der Waals surface area contributed by atoms with E-state index in [0.29, 0.717) is 73.3 Å². The van der Waals surface area contributed by atoms with Gasteiger partial charge in [0.25, 0.3) is 17.4 Å². The number of pyridine rings is 1. The van der Waals surface area contributed by atoms with E-state index >= 15 is 8.78 Å². The Balaban J connectivity index is 0.753. The molecule has 1 atom stereocenters. The summed E-state index contributed by atoms with van der Waals surface area (Å²) in [5.41, 5.74) is 0.801. The number of fused-ring (bicyclic) bond motifs is 2. The van der Waals surface area contributed by atoms with Crippen LogP contribution in [0, 0.1) is 11.6 Å². The molecule has 2 aromatic heterocycles. The summed E-state index contributed by atoms with van der Waals surface area (Å²) in [7, 11) is 1.50. The van der Waals surface area contributed by atoms with E-state index in [9.17, 15) is 24.0 Å². The Morgan fingerprint density at radius 1 is 0.969 bits per heavy atom. The number of aromatic nitrogens is 3. The van der Waals surface area contributed by atoms with E-state index in [1.165, 1.54) is 7.05 Å². The number of halogens is 3. The molecule has 0 radical (unpaired) electrons. The van der Waals surface area contributed by atoms with Gasteiger partial charge >= 0.3 is 0 Å². The predicted molar refractivity (Wildman–Crippen MR) is 238 cm³/mol. The second-order valence-corrected chi connectivity index (χ2v) is 17.9. The topological polar surface area (TPSA) is 184 Å². The average molecular weight is 917 g/mol. The van der Waals surface area contributed by atoms with Crippen LogP contribution in [0.4, 0.5) is 31.9 Å². The van der Waals surface area contributed by atoms with Gasteiger partial charge in [-0.2, -0.15) is 4.98 Å². The molecule has 17 nitrogen and oxygen atoms in total. The molecule has 4 aromatic rings. The van der Waals surface area contributed by atoms with Gasteiger partial charge in [0.15, 0.2) is 24.0 Å². The Morgan fingerprint density at radius 2 is 1.72 bits per heavy atom. The lowest BCUT2D eigenvalue weighted by Gasteiger charge is -2.47. The number of piperidine rings is 2. The minimum atomic E-state index is -0.954. The van der Waals surface area contributed by atoms with Crippen molar-refractivity contribution < 1.29 is 37.4 Å². The van der Waals surface area contributed by atoms with Crippen LogP contribution in [0.2, 0.25) is 5.02 Å². The largest absolute Gasteiger partial charge is 0.478 e. The predicted octanol–water partition coefficient (Wildman–Crippen LogP) is 4.27. The maximum atomic E-state index is 16.0. The van der Waals surface area contributed by atoms with Crippen molar-refractivity contribution in [3.05, 3.63) is 74.7 Å². The van der Waals surface area contributed by atoms with Crippen molar-refractivity contribution in [1.82, 2.24) is 35.0 Å². The standard InChI is InChI=1S/C45H51ClF2N10O7/c1-24(2)58-33-5-4-26(16-25(33)17-36(43(58)62)64-23-38(60)49-3)51-41-31(46)21-50-45(53-41)56-10-8-28(9-11-56)65-29-18-27(19-29)54-12-14-55(15-13-54)35-20-32(47)39-30(40(35)48)22-57(44(39)63)34-6-7-37(59)52-42(34)61/h4-5,16-17,20-21,24,27-29,34H,6-15,18-19,22-23H2,1-3H3,(H,49,60)(H,50,51,53)(H,52,59,61)/t27?,29?,34-/m1/s1. The van der Waals surface area contributed by atoms with Gasteiger partial charge in [-0.1, -0.05) is 11.6 Å². The molecule has 344 valence electrons. The van der Waals surface area contributed by atoms with Crippen LogP contribution in [-0.4, -0.2) is 125 Å². The normalized spacial score (nSPS) is 21.7. The summed E-state index contributed by atoms with van der Waals surface area (Å²) in [6, 6.07) is 7.52. The summed E-state index contributed by atoms with van der Waals surface area (Å²) in [5, 5.41) is 9.09. The third-order valence-corrected chi connectivity index (χ3v) is 13.5. The van der Waals surface area contributed by atoms with Crippen LogP contribution >= 0.6 is 11.6 Å². The Morgan fingerprint density at radius 3 is 2.43 bits per heavy atom. The van der Waals surface area contributed by atoms with Crippen LogP contribution in [-0.2, 0) is 25.7 Å². The van der Waals surface area contributed by atoms with Crippen molar-refractivity contribution in [2.45, 2.75) is 89.3 Å². The molecule has 3 saturated heterocycles. The maximum absolute atomic E-state index is 16.0. The molecule has 9 rings (SSSR count). The summed E-state index contributed by atoms with van der Waals surface area (Å²) in [5.74, 6) is -2.55. The van der Waals surface area contributed by atoms with Crippen molar-refractivity contribution in [2.75, 3.05) is 68.0 Å². The van der Waals surface area contributed by atoms with Crippen molar-refractivity contribution in [1.29, 1.82) is 0 Å². The number of likely N-dealkylation sites (N-methyl/N-ethyl adjacent to an activating group) is 1. The number of piperazine rings is 1. The fourth-order valence-electron chi connectivity index (χ4n) is 9.59. The first-order valence-corrected chi connectivity index (χ1v) is 22.5. The highest BCUT2D eigenvalue weighted by molar-refractivity contribution is 6.33. The molecule has 0 bridgehead atoms. The third-order valence-electron chi connectivity index (χ3n) is 13.2. The first-order valence-electron chi connectivity index (χ1n) is 22.1. The van der Waals surface area contributed by atoms with Gasteiger partial charge in [0.1, 0.15) is 16.9 Å². The highest BCUT2D eigenvalue weighted by Gasteiger charge is 2.43. The van der Waals surface area contributed by atoms with E-state index in [0.717, 1.165) is 42.0 Å². The lowest BCUT2D eigenvalue weighted by molar-refractivity contribution is -0.137. The van der Waals surface area contributed by atoms with Gasteiger partial charge in [-0.25, -0.2) is 13.8 Å². The van der Waals surface area contributed by atoms with Crippen molar-refractivity contribution in [3.8, 4) is 5.75 Å². The second-order valence-electron chi connectivity index (χ2n) is 17.5. The molecular weight excluding hydrogens is 866 g/mol. The number of carbonyl (C=O) groups is 4. The lowest BCUT2D eigenvalue weighted by Crippen LogP contribution is -2.56. The minimum Gasteiger partial charge on any atom is -0.478 e. The quantitative estimate of drug-likeness (QED) is 0.172. The number of benzene rings is 2. The summed E-state index contributed by atoms with van der Waals surface area (Å²) < 4.78 is 45.2. The van der Waals surface area contributed by atoms with E-state index in [2.05, 4.69) is 30.7 Å². The molecule has 1 aliphatic carbocycles. The van der Waals surface area contributed by atoms with E-state index in [-0.39, 0.29) is 78.3 Å². The molecule has 20 heteroatoms. The highest BCUT2D eigenvalue weighted by Crippen LogP contribution is 2.38. The number of anilines is 4. The number of hydrogen-bond donors (Lipinski definition) is 3. The summed E-state index contributed by atoms with van der Waals surface area (Å²) in [6.07, 6.45) is 5.38. The van der Waals surface area contributed by atoms with E-state index in [1.807, 2.05) is 36.9 Å². The van der Waals surface area contributed by atoms with Crippen LogP contribution in [0.1, 0.15) is 74.3 Å². The van der Waals surface area contributed by atoms with Crippen LogP contribution < -0.4 is 36.0 Å². The number of nitrogens with zero attached hydrogens (tertiary/aromatic N) is 7. The van der Waals surface area contributed by atoms with Gasteiger partial charge in [0, 0.05) is 87.5 Å². The number of hydrogen-bond acceptors (Lipinski definition) is 13. The Bertz CT molecular complexity index is 2610.